The third-order valence-electron chi connectivity index (χ3n) is 10.6. The molecule has 45 heavy (non-hydrogen) atoms. The molecule has 2 aliphatic heterocycles. The van der Waals surface area contributed by atoms with E-state index in [1.54, 1.807) is 7.11 Å². The number of piperidine rings is 1. The Hall–Kier alpha value is -4.70. The van der Waals surface area contributed by atoms with Gasteiger partial charge in [-0.25, -0.2) is 4.98 Å². The van der Waals surface area contributed by atoms with E-state index in [-0.39, 0.29) is 23.9 Å². The topological polar surface area (TPSA) is 120 Å². The van der Waals surface area contributed by atoms with Gasteiger partial charge >= 0.3 is 0 Å². The van der Waals surface area contributed by atoms with E-state index in [1.165, 1.54) is 12.8 Å². The first-order valence-electron chi connectivity index (χ1n) is 15.9. The summed E-state index contributed by atoms with van der Waals surface area (Å²) in [5.41, 5.74) is 14.1. The number of carbonyl (C=O) groups excluding carboxylic acids is 2. The lowest BCUT2D eigenvalue weighted by Gasteiger charge is -2.27. The molecule has 2 aliphatic carbocycles. The van der Waals surface area contributed by atoms with Crippen LogP contribution in [0.4, 0.5) is 0 Å². The third-order valence-corrected chi connectivity index (χ3v) is 10.6. The van der Waals surface area contributed by atoms with Crippen LogP contribution in [-0.2, 0) is 20.1 Å². The second-order valence-electron chi connectivity index (χ2n) is 13.2. The lowest BCUT2D eigenvalue weighted by molar-refractivity contribution is 0.0700. The molecule has 228 valence electrons. The normalized spacial score (nSPS) is 22.1. The van der Waals surface area contributed by atoms with Gasteiger partial charge in [0, 0.05) is 60.4 Å². The van der Waals surface area contributed by atoms with Crippen LogP contribution in [0.15, 0.2) is 48.7 Å². The maximum Gasteiger partial charge on any atom is 0.254 e. The maximum absolute atomic E-state index is 13.7. The minimum Gasteiger partial charge on any atom is -0.494 e. The number of methoxy groups -OCH3 is 1. The van der Waals surface area contributed by atoms with Crippen LogP contribution in [0.3, 0.4) is 0 Å². The quantitative estimate of drug-likeness (QED) is 0.296. The van der Waals surface area contributed by atoms with E-state index < -0.39 is 0 Å². The van der Waals surface area contributed by atoms with Crippen molar-refractivity contribution in [1.82, 2.24) is 29.3 Å². The largest absolute Gasteiger partial charge is 0.494 e. The second kappa shape index (κ2) is 9.65. The number of carbonyl (C=O) groups is 2. The molecule has 3 aromatic heterocycles. The van der Waals surface area contributed by atoms with Crippen LogP contribution in [-0.4, -0.2) is 61.6 Å². The van der Waals surface area contributed by atoms with Gasteiger partial charge in [-0.15, -0.1) is 0 Å². The number of amides is 2. The number of likely N-dealkylation sites (tertiary alicyclic amines) is 1. The molecule has 5 heterocycles. The van der Waals surface area contributed by atoms with Crippen molar-refractivity contribution in [3.8, 4) is 28.4 Å². The Labute approximate surface area is 260 Å². The fraction of sp³-hybridized carbons (Fsp3) is 0.371. The number of hydrogen-bond acceptors (Lipinski definition) is 6. The van der Waals surface area contributed by atoms with Gasteiger partial charge in [-0.2, -0.15) is 0 Å². The van der Waals surface area contributed by atoms with Crippen LogP contribution < -0.4 is 15.8 Å². The molecule has 10 nitrogen and oxygen atoms in total. The van der Waals surface area contributed by atoms with Crippen molar-refractivity contribution in [2.24, 2.45) is 24.6 Å². The zero-order valence-corrected chi connectivity index (χ0v) is 25.4. The Bertz CT molecular complexity index is 2070. The molecule has 5 aromatic rings. The number of benzene rings is 2. The van der Waals surface area contributed by atoms with Crippen LogP contribution in [0.5, 0.6) is 5.75 Å². The summed E-state index contributed by atoms with van der Waals surface area (Å²) in [6.45, 7) is 2.10. The minimum absolute atomic E-state index is 0.000967. The number of imidazole rings is 1. The molecule has 0 spiro atoms. The van der Waals surface area contributed by atoms with Gasteiger partial charge in [0.1, 0.15) is 11.3 Å². The predicted molar refractivity (Wildman–Crippen MR) is 171 cm³/mol. The first-order chi connectivity index (χ1) is 21.9. The van der Waals surface area contributed by atoms with E-state index in [2.05, 4.69) is 43.7 Å². The van der Waals surface area contributed by atoms with Gasteiger partial charge in [0.05, 0.1) is 36.1 Å². The Balaban J connectivity index is 1.15. The number of aromatic nitrogens is 4. The van der Waals surface area contributed by atoms with Gasteiger partial charge in [-0.05, 0) is 73.4 Å². The zero-order chi connectivity index (χ0) is 30.6. The number of pyridine rings is 1. The highest BCUT2D eigenvalue weighted by Gasteiger charge is 2.47. The summed E-state index contributed by atoms with van der Waals surface area (Å²) in [4.78, 5) is 37.7. The van der Waals surface area contributed by atoms with Crippen LogP contribution >= 0.6 is 0 Å². The monoisotopic (exact) mass is 601 g/mol. The molecule has 0 radical (unpaired) electrons. The van der Waals surface area contributed by atoms with Crippen LogP contribution in [0.25, 0.3) is 44.6 Å². The predicted octanol–water partition coefficient (Wildman–Crippen LogP) is 4.48. The highest BCUT2D eigenvalue weighted by atomic mass is 16.5. The molecule has 4 aliphatic rings. The standard InChI is InChI=1S/C35H35N7O3/c1-40-32-25(10-22(13-30(32)45-2)35(44)42-17-21-7-8-27(42)31(21)36)39-33(40)29-12-20-6-5-19(11-28(20)41(29)16-18-3-4-18)23-9-24-26(37-14-23)15-38-34(24)43/h5-6,9-14,18,21,27,31H,3-4,7-8,15-17,36H2,1-2H3,(H,38,43)/t21?,27?,31-/m1/s1. The lowest BCUT2D eigenvalue weighted by atomic mass is 10.0. The van der Waals surface area contributed by atoms with E-state index in [0.717, 1.165) is 76.2 Å². The first-order valence-corrected chi connectivity index (χ1v) is 15.9. The Kier molecular flexibility index (Phi) is 5.72. The summed E-state index contributed by atoms with van der Waals surface area (Å²) in [6, 6.07) is 14.5. The van der Waals surface area contributed by atoms with Crippen molar-refractivity contribution in [3.05, 3.63) is 65.5 Å². The van der Waals surface area contributed by atoms with Gasteiger partial charge in [0.15, 0.2) is 5.82 Å². The fourth-order valence-corrected chi connectivity index (χ4v) is 7.89. The van der Waals surface area contributed by atoms with E-state index in [4.69, 9.17) is 15.5 Å². The Morgan fingerprint density at radius 2 is 1.96 bits per heavy atom. The van der Waals surface area contributed by atoms with Crippen LogP contribution in [0, 0.1) is 11.8 Å². The summed E-state index contributed by atoms with van der Waals surface area (Å²) in [6.07, 6.45) is 6.35. The molecule has 9 rings (SSSR count). The number of nitrogens with one attached hydrogen (secondary N) is 1. The first kappa shape index (κ1) is 26.7. The highest BCUT2D eigenvalue weighted by molar-refractivity contribution is 6.01. The van der Waals surface area contributed by atoms with E-state index in [0.29, 0.717) is 35.3 Å². The van der Waals surface area contributed by atoms with Crippen molar-refractivity contribution in [2.75, 3.05) is 13.7 Å². The fourth-order valence-electron chi connectivity index (χ4n) is 7.89. The van der Waals surface area contributed by atoms with Crippen molar-refractivity contribution >= 4 is 33.8 Å². The molecular weight excluding hydrogens is 566 g/mol. The van der Waals surface area contributed by atoms with Crippen LogP contribution in [0.2, 0.25) is 0 Å². The summed E-state index contributed by atoms with van der Waals surface area (Å²) in [5, 5.41) is 3.98. The van der Waals surface area contributed by atoms with E-state index >= 15 is 0 Å². The number of fused-ring (bicyclic) bond motifs is 5. The number of nitrogens with zero attached hydrogens (tertiary/aromatic N) is 5. The molecule has 3 fully saturated rings. The number of aryl methyl sites for hydroxylation is 1. The highest BCUT2D eigenvalue weighted by Crippen LogP contribution is 2.41. The number of nitrogens with two attached hydrogens (primary N) is 1. The molecule has 2 bridgehead atoms. The molecule has 10 heteroatoms. The lowest BCUT2D eigenvalue weighted by Crippen LogP contribution is -2.41. The maximum atomic E-state index is 13.7. The molecule has 2 aromatic carbocycles. The van der Waals surface area contributed by atoms with Gasteiger partial charge in [0.2, 0.25) is 0 Å². The van der Waals surface area contributed by atoms with Crippen molar-refractivity contribution in [1.29, 1.82) is 0 Å². The molecule has 2 unspecified atom stereocenters. The van der Waals surface area contributed by atoms with Crippen molar-refractivity contribution in [3.63, 3.8) is 0 Å². The Morgan fingerprint density at radius 3 is 2.71 bits per heavy atom. The van der Waals surface area contributed by atoms with Crippen molar-refractivity contribution in [2.45, 2.75) is 50.9 Å². The average Bonchev–Trinajstić information content (AvgIpc) is 3.26. The summed E-state index contributed by atoms with van der Waals surface area (Å²) in [5.74, 6) is 2.40. The summed E-state index contributed by atoms with van der Waals surface area (Å²) < 4.78 is 10.3. The SMILES string of the molecule is COc1cc(C(=O)N2CC3CCC2[C@@H]3N)cc2nc(-c3cc4ccc(-c5cnc6c(c5)C(=O)NC6)cc4n3CC3CC3)n(C)c12. The second-order valence-corrected chi connectivity index (χ2v) is 13.2. The van der Waals surface area contributed by atoms with E-state index in [9.17, 15) is 9.59 Å². The van der Waals surface area contributed by atoms with E-state index in [1.807, 2.05) is 36.3 Å². The van der Waals surface area contributed by atoms with Crippen LogP contribution in [0.1, 0.15) is 52.1 Å². The third kappa shape index (κ3) is 4.04. The number of hydrogen-bond donors (Lipinski definition) is 2. The molecular formula is C35H35N7O3. The molecule has 1 saturated heterocycles. The average molecular weight is 602 g/mol. The Morgan fingerprint density at radius 1 is 1.09 bits per heavy atom. The molecule has 3 N–H and O–H groups in total. The van der Waals surface area contributed by atoms with Gasteiger partial charge < -0.3 is 29.8 Å². The molecule has 2 amide bonds. The van der Waals surface area contributed by atoms with Gasteiger partial charge in [-0.3, -0.25) is 14.6 Å². The van der Waals surface area contributed by atoms with Gasteiger partial charge in [-0.1, -0.05) is 12.1 Å². The zero-order valence-electron chi connectivity index (χ0n) is 25.4. The smallest absolute Gasteiger partial charge is 0.254 e. The molecule has 3 atom stereocenters. The summed E-state index contributed by atoms with van der Waals surface area (Å²) >= 11 is 0. The van der Waals surface area contributed by atoms with Crippen molar-refractivity contribution < 1.29 is 14.3 Å². The van der Waals surface area contributed by atoms with Gasteiger partial charge in [0.25, 0.3) is 11.8 Å². The summed E-state index contributed by atoms with van der Waals surface area (Å²) in [7, 11) is 3.66. The number of rotatable bonds is 6. The number of ether oxygens (including phenoxy) is 1. The molecule has 2 saturated carbocycles. The minimum atomic E-state index is -0.0711.